The van der Waals surface area contributed by atoms with E-state index >= 15 is 0 Å². The van der Waals surface area contributed by atoms with Crippen LogP contribution in [0.2, 0.25) is 0 Å². The van der Waals surface area contributed by atoms with Crippen molar-refractivity contribution < 1.29 is 14.4 Å². The van der Waals surface area contributed by atoms with Gasteiger partial charge in [-0.15, -0.1) is 11.3 Å². The zero-order chi connectivity index (χ0) is 20.4. The fourth-order valence-corrected chi connectivity index (χ4v) is 4.25. The van der Waals surface area contributed by atoms with Gasteiger partial charge in [0.05, 0.1) is 21.1 Å². The van der Waals surface area contributed by atoms with Gasteiger partial charge in [0, 0.05) is 19.0 Å². The Balaban J connectivity index is 1.44. The molecule has 7 heteroatoms. The summed E-state index contributed by atoms with van der Waals surface area (Å²) in [6, 6.07) is 10.6. The molecule has 0 unspecified atom stereocenters. The zero-order valence-corrected chi connectivity index (χ0v) is 17.3. The van der Waals surface area contributed by atoms with Crippen molar-refractivity contribution >= 4 is 39.7 Å². The summed E-state index contributed by atoms with van der Waals surface area (Å²) in [6.45, 7) is 3.70. The number of para-hydroxylation sites is 1. The molecule has 1 aromatic heterocycles. The summed E-state index contributed by atoms with van der Waals surface area (Å²) < 4.78 is 0. The first kappa shape index (κ1) is 19.6. The Morgan fingerprint density at radius 3 is 2.41 bits per heavy atom. The summed E-state index contributed by atoms with van der Waals surface area (Å²) in [6.07, 6.45) is 3.88. The molecule has 1 aliphatic carbocycles. The predicted molar refractivity (Wildman–Crippen MR) is 114 cm³/mol. The van der Waals surface area contributed by atoms with Crippen LogP contribution in [0.15, 0.2) is 36.4 Å². The number of benzene rings is 1. The molecule has 6 nitrogen and oxygen atoms in total. The average Bonchev–Trinajstić information content (AvgIpc) is 3.48. The molecule has 0 atom stereocenters. The van der Waals surface area contributed by atoms with E-state index in [0.717, 1.165) is 38.8 Å². The van der Waals surface area contributed by atoms with Gasteiger partial charge in [-0.05, 0) is 55.9 Å². The lowest BCUT2D eigenvalue weighted by Crippen LogP contribution is -2.38. The van der Waals surface area contributed by atoms with Crippen molar-refractivity contribution in [1.29, 1.82) is 0 Å². The Labute approximate surface area is 174 Å². The molecule has 4 rings (SSSR count). The van der Waals surface area contributed by atoms with Gasteiger partial charge in [0.1, 0.15) is 0 Å². The Kier molecular flexibility index (Phi) is 5.67. The number of piperidine rings is 1. The van der Waals surface area contributed by atoms with Crippen molar-refractivity contribution in [3.05, 3.63) is 46.8 Å². The van der Waals surface area contributed by atoms with E-state index in [2.05, 4.69) is 17.6 Å². The highest BCUT2D eigenvalue weighted by atomic mass is 32.1. The second-order valence-corrected chi connectivity index (χ2v) is 8.99. The molecule has 1 aliphatic heterocycles. The van der Waals surface area contributed by atoms with Crippen LogP contribution in [-0.2, 0) is 4.79 Å². The molecule has 2 fully saturated rings. The van der Waals surface area contributed by atoms with Gasteiger partial charge >= 0.3 is 0 Å². The Hall–Kier alpha value is -2.67. The van der Waals surface area contributed by atoms with Crippen LogP contribution in [0.4, 0.5) is 10.7 Å². The van der Waals surface area contributed by atoms with Crippen molar-refractivity contribution in [2.45, 2.75) is 32.6 Å². The van der Waals surface area contributed by atoms with Gasteiger partial charge in [-0.1, -0.05) is 19.1 Å². The smallest absolute Gasteiger partial charge is 0.265 e. The number of nitrogens with zero attached hydrogens (tertiary/aromatic N) is 1. The number of rotatable bonds is 5. The van der Waals surface area contributed by atoms with E-state index in [1.165, 1.54) is 11.3 Å². The number of anilines is 2. The quantitative estimate of drug-likeness (QED) is 0.773. The van der Waals surface area contributed by atoms with Crippen LogP contribution < -0.4 is 10.6 Å². The second-order valence-electron chi connectivity index (χ2n) is 7.90. The van der Waals surface area contributed by atoms with Crippen LogP contribution >= 0.6 is 11.3 Å². The summed E-state index contributed by atoms with van der Waals surface area (Å²) in [7, 11) is 0. The maximum atomic E-state index is 13.0. The largest absolute Gasteiger partial charge is 0.339 e. The van der Waals surface area contributed by atoms with Gasteiger partial charge in [-0.3, -0.25) is 14.4 Å². The zero-order valence-electron chi connectivity index (χ0n) is 16.4. The van der Waals surface area contributed by atoms with Gasteiger partial charge in [-0.25, -0.2) is 0 Å². The number of amides is 3. The van der Waals surface area contributed by atoms with Crippen LogP contribution in [-0.4, -0.2) is 35.7 Å². The molecule has 1 saturated carbocycles. The highest BCUT2D eigenvalue weighted by molar-refractivity contribution is 7.18. The number of nitrogens with one attached hydrogen (secondary N) is 2. The van der Waals surface area contributed by atoms with E-state index < -0.39 is 0 Å². The molecule has 3 amide bonds. The molecule has 29 heavy (non-hydrogen) atoms. The molecule has 2 heterocycles. The van der Waals surface area contributed by atoms with Gasteiger partial charge < -0.3 is 15.5 Å². The lowest BCUT2D eigenvalue weighted by atomic mass is 9.98. The van der Waals surface area contributed by atoms with E-state index in [1.54, 1.807) is 30.3 Å². The normalized spacial score (nSPS) is 17.1. The Morgan fingerprint density at radius 1 is 0.966 bits per heavy atom. The van der Waals surface area contributed by atoms with Gasteiger partial charge in [-0.2, -0.15) is 0 Å². The highest BCUT2D eigenvalue weighted by Crippen LogP contribution is 2.32. The third-order valence-electron chi connectivity index (χ3n) is 5.50. The van der Waals surface area contributed by atoms with E-state index in [0.29, 0.717) is 27.0 Å². The fourth-order valence-electron chi connectivity index (χ4n) is 3.44. The maximum absolute atomic E-state index is 13.0. The number of carbonyl (C=O) groups is 3. The lowest BCUT2D eigenvalue weighted by molar-refractivity contribution is -0.117. The van der Waals surface area contributed by atoms with Crippen molar-refractivity contribution in [1.82, 2.24) is 4.90 Å². The lowest BCUT2D eigenvalue weighted by Gasteiger charge is -2.30. The van der Waals surface area contributed by atoms with E-state index in [-0.39, 0.29) is 23.6 Å². The molecular formula is C22H25N3O3S. The minimum Gasteiger partial charge on any atom is -0.339 e. The molecule has 2 aliphatic rings. The van der Waals surface area contributed by atoms with Crippen molar-refractivity contribution in [3.63, 3.8) is 0 Å². The number of likely N-dealkylation sites (tertiary alicyclic amines) is 1. The highest BCUT2D eigenvalue weighted by Gasteiger charge is 2.30. The summed E-state index contributed by atoms with van der Waals surface area (Å²) in [4.78, 5) is 39.9. The van der Waals surface area contributed by atoms with Crippen LogP contribution in [0.3, 0.4) is 0 Å². The van der Waals surface area contributed by atoms with Gasteiger partial charge in [0.25, 0.3) is 11.8 Å². The monoisotopic (exact) mass is 411 g/mol. The summed E-state index contributed by atoms with van der Waals surface area (Å²) >= 11 is 1.24. The maximum Gasteiger partial charge on any atom is 0.265 e. The third-order valence-corrected chi connectivity index (χ3v) is 6.50. The first-order chi connectivity index (χ1) is 14.0. The van der Waals surface area contributed by atoms with Crippen LogP contribution in [0.25, 0.3) is 0 Å². The van der Waals surface area contributed by atoms with Crippen molar-refractivity contribution in [2.24, 2.45) is 11.8 Å². The van der Waals surface area contributed by atoms with Crippen molar-refractivity contribution in [2.75, 3.05) is 23.7 Å². The Morgan fingerprint density at radius 2 is 1.69 bits per heavy atom. The van der Waals surface area contributed by atoms with E-state index in [1.807, 2.05) is 11.0 Å². The van der Waals surface area contributed by atoms with E-state index in [9.17, 15) is 14.4 Å². The summed E-state index contributed by atoms with van der Waals surface area (Å²) in [5.74, 6) is 0.448. The minimum atomic E-state index is -0.283. The SMILES string of the molecule is CC1CCN(C(=O)c2ccccc2NC(=O)c2ccc(NC(=O)C3CC3)s2)CC1. The second kappa shape index (κ2) is 8.37. The standard InChI is InChI=1S/C22H25N3O3S/c1-14-10-12-25(13-11-14)22(28)16-4-2-3-5-17(16)23-21(27)18-8-9-19(29-18)24-20(26)15-6-7-15/h2-5,8-9,14-15H,6-7,10-13H2,1H3,(H,23,27)(H,24,26). The first-order valence-corrected chi connectivity index (χ1v) is 10.9. The molecule has 1 saturated heterocycles. The molecule has 1 aromatic carbocycles. The number of thiophene rings is 1. The summed E-state index contributed by atoms with van der Waals surface area (Å²) in [5.41, 5.74) is 1.02. The molecule has 2 aromatic rings. The van der Waals surface area contributed by atoms with E-state index in [4.69, 9.17) is 0 Å². The van der Waals surface area contributed by atoms with Crippen molar-refractivity contribution in [3.8, 4) is 0 Å². The topological polar surface area (TPSA) is 78.5 Å². The molecule has 2 N–H and O–H groups in total. The van der Waals surface area contributed by atoms with Crippen LogP contribution in [0.1, 0.15) is 52.6 Å². The van der Waals surface area contributed by atoms with Crippen LogP contribution in [0, 0.1) is 11.8 Å². The van der Waals surface area contributed by atoms with Crippen LogP contribution in [0.5, 0.6) is 0 Å². The molecule has 0 spiro atoms. The number of hydrogen-bond acceptors (Lipinski definition) is 4. The van der Waals surface area contributed by atoms with Gasteiger partial charge in [0.15, 0.2) is 0 Å². The molecule has 152 valence electrons. The predicted octanol–water partition coefficient (Wildman–Crippen LogP) is 4.22. The molecule has 0 bridgehead atoms. The molecule has 0 radical (unpaired) electrons. The fraction of sp³-hybridized carbons (Fsp3) is 0.409. The third kappa shape index (κ3) is 4.67. The average molecular weight is 412 g/mol. The Bertz CT molecular complexity index is 927. The first-order valence-electron chi connectivity index (χ1n) is 10.1. The summed E-state index contributed by atoms with van der Waals surface area (Å²) in [5, 5.41) is 6.39. The molecular weight excluding hydrogens is 386 g/mol. The number of hydrogen-bond donors (Lipinski definition) is 2. The number of carbonyl (C=O) groups excluding carboxylic acids is 3. The minimum absolute atomic E-state index is 0.0191. The van der Waals surface area contributed by atoms with Gasteiger partial charge in [0.2, 0.25) is 5.91 Å².